The van der Waals surface area contributed by atoms with Crippen LogP contribution in [0.1, 0.15) is 51.6 Å². The molecule has 0 radical (unpaired) electrons. The molecular formula is C14H21F3N2. The molecule has 1 rings (SSSR count). The number of rotatable bonds is 5. The van der Waals surface area contributed by atoms with Gasteiger partial charge in [0.1, 0.15) is 17.5 Å². The molecule has 0 bridgehead atoms. The van der Waals surface area contributed by atoms with Crippen molar-refractivity contribution in [1.82, 2.24) is 5.43 Å². The van der Waals surface area contributed by atoms with E-state index in [1.807, 2.05) is 0 Å². The van der Waals surface area contributed by atoms with E-state index in [9.17, 15) is 13.2 Å². The van der Waals surface area contributed by atoms with Gasteiger partial charge < -0.3 is 0 Å². The van der Waals surface area contributed by atoms with Crippen LogP contribution in [0.2, 0.25) is 0 Å². The summed E-state index contributed by atoms with van der Waals surface area (Å²) in [7, 11) is 0. The second kappa shape index (κ2) is 6.39. The van der Waals surface area contributed by atoms with Crippen LogP contribution in [0.4, 0.5) is 13.2 Å². The van der Waals surface area contributed by atoms with Crippen LogP contribution in [-0.4, -0.2) is 0 Å². The molecule has 1 unspecified atom stereocenters. The Morgan fingerprint density at radius 2 is 1.68 bits per heavy atom. The lowest BCUT2D eigenvalue weighted by Crippen LogP contribution is -2.29. The van der Waals surface area contributed by atoms with Gasteiger partial charge in [-0.2, -0.15) is 0 Å². The first-order chi connectivity index (χ1) is 8.74. The highest BCUT2D eigenvalue weighted by Gasteiger charge is 2.21. The van der Waals surface area contributed by atoms with Gasteiger partial charge in [0.25, 0.3) is 0 Å². The van der Waals surface area contributed by atoms with Crippen LogP contribution in [0, 0.1) is 22.9 Å². The minimum absolute atomic E-state index is 0.152. The zero-order chi connectivity index (χ0) is 14.6. The maximum absolute atomic E-state index is 13.6. The van der Waals surface area contributed by atoms with E-state index in [0.717, 1.165) is 12.8 Å². The number of nitrogens with one attached hydrogen (secondary N) is 1. The molecule has 0 fully saturated rings. The van der Waals surface area contributed by atoms with Crippen LogP contribution in [0.5, 0.6) is 0 Å². The topological polar surface area (TPSA) is 38.0 Å². The zero-order valence-corrected chi connectivity index (χ0v) is 11.6. The van der Waals surface area contributed by atoms with Gasteiger partial charge in [-0.15, -0.1) is 0 Å². The lowest BCUT2D eigenvalue weighted by Gasteiger charge is -2.21. The number of hydrogen-bond acceptors (Lipinski definition) is 2. The molecule has 0 saturated carbocycles. The number of halogens is 3. The van der Waals surface area contributed by atoms with Crippen molar-refractivity contribution in [2.24, 2.45) is 11.3 Å². The second-order valence-electron chi connectivity index (χ2n) is 5.96. The predicted molar refractivity (Wildman–Crippen MR) is 69.7 cm³/mol. The molecule has 1 aromatic carbocycles. The molecule has 0 aliphatic carbocycles. The van der Waals surface area contributed by atoms with E-state index >= 15 is 0 Å². The van der Waals surface area contributed by atoms with Crippen molar-refractivity contribution < 1.29 is 13.2 Å². The average Bonchev–Trinajstić information content (AvgIpc) is 2.23. The molecule has 0 aromatic heterocycles. The normalized spacial score (nSPS) is 13.6. The largest absolute Gasteiger partial charge is 0.271 e. The third kappa shape index (κ3) is 4.84. The number of nitrogens with two attached hydrogens (primary N) is 1. The molecule has 0 aliphatic rings. The van der Waals surface area contributed by atoms with Crippen LogP contribution in [0.3, 0.4) is 0 Å². The Hall–Kier alpha value is -1.07. The van der Waals surface area contributed by atoms with Crippen molar-refractivity contribution in [3.8, 4) is 0 Å². The maximum atomic E-state index is 13.6. The van der Waals surface area contributed by atoms with Gasteiger partial charge in [-0.3, -0.25) is 11.3 Å². The van der Waals surface area contributed by atoms with Crippen LogP contribution in [0.15, 0.2) is 12.1 Å². The van der Waals surface area contributed by atoms with Crippen molar-refractivity contribution in [3.05, 3.63) is 35.1 Å². The van der Waals surface area contributed by atoms with Crippen molar-refractivity contribution in [2.45, 2.75) is 46.1 Å². The first-order valence-electron chi connectivity index (χ1n) is 6.35. The van der Waals surface area contributed by atoms with E-state index in [0.29, 0.717) is 18.6 Å². The molecule has 5 heteroatoms. The Morgan fingerprint density at radius 3 is 2.11 bits per heavy atom. The van der Waals surface area contributed by atoms with Crippen molar-refractivity contribution in [1.29, 1.82) is 0 Å². The fourth-order valence-corrected chi connectivity index (χ4v) is 2.03. The van der Waals surface area contributed by atoms with Crippen molar-refractivity contribution in [2.75, 3.05) is 0 Å². The molecule has 108 valence electrons. The van der Waals surface area contributed by atoms with Gasteiger partial charge in [0, 0.05) is 17.7 Å². The molecular weight excluding hydrogens is 253 g/mol. The molecule has 0 saturated heterocycles. The smallest absolute Gasteiger partial charge is 0.133 e. The van der Waals surface area contributed by atoms with E-state index in [-0.39, 0.29) is 11.0 Å². The van der Waals surface area contributed by atoms with E-state index in [1.165, 1.54) is 0 Å². The van der Waals surface area contributed by atoms with Gasteiger partial charge in [-0.25, -0.2) is 13.2 Å². The van der Waals surface area contributed by atoms with E-state index in [1.54, 1.807) is 0 Å². The van der Waals surface area contributed by atoms with Crippen LogP contribution in [0.25, 0.3) is 0 Å². The van der Waals surface area contributed by atoms with Gasteiger partial charge in [0.2, 0.25) is 0 Å². The summed E-state index contributed by atoms with van der Waals surface area (Å²) in [5.41, 5.74) is 2.36. The molecule has 2 nitrogen and oxygen atoms in total. The molecule has 1 atom stereocenters. The minimum atomic E-state index is -0.927. The maximum Gasteiger partial charge on any atom is 0.133 e. The Balaban J connectivity index is 2.80. The zero-order valence-electron chi connectivity index (χ0n) is 11.6. The second-order valence-corrected chi connectivity index (χ2v) is 5.96. The lowest BCUT2D eigenvalue weighted by molar-refractivity contribution is 0.339. The van der Waals surface area contributed by atoms with Gasteiger partial charge in [-0.05, 0) is 18.3 Å². The van der Waals surface area contributed by atoms with E-state index in [2.05, 4.69) is 26.2 Å². The van der Waals surface area contributed by atoms with Crippen LogP contribution >= 0.6 is 0 Å². The summed E-state index contributed by atoms with van der Waals surface area (Å²) in [6.07, 6.45) is 2.18. The highest BCUT2D eigenvalue weighted by Crippen LogP contribution is 2.28. The summed E-state index contributed by atoms with van der Waals surface area (Å²) >= 11 is 0. The summed E-state index contributed by atoms with van der Waals surface area (Å²) in [5.74, 6) is 2.61. The van der Waals surface area contributed by atoms with Gasteiger partial charge in [0.05, 0.1) is 6.04 Å². The van der Waals surface area contributed by atoms with Crippen molar-refractivity contribution >= 4 is 0 Å². The molecule has 0 amide bonds. The predicted octanol–water partition coefficient (Wildman–Crippen LogP) is 3.82. The van der Waals surface area contributed by atoms with Crippen LogP contribution in [-0.2, 0) is 0 Å². The summed E-state index contributed by atoms with van der Waals surface area (Å²) in [6, 6.07) is 0.696. The fraction of sp³-hybridized carbons (Fsp3) is 0.571. The molecule has 0 heterocycles. The number of benzene rings is 1. The van der Waals surface area contributed by atoms with Gasteiger partial charge in [0.15, 0.2) is 0 Å². The Morgan fingerprint density at radius 1 is 1.16 bits per heavy atom. The van der Waals surface area contributed by atoms with E-state index < -0.39 is 23.5 Å². The van der Waals surface area contributed by atoms with Gasteiger partial charge in [-0.1, -0.05) is 27.2 Å². The third-order valence-electron chi connectivity index (χ3n) is 3.01. The molecule has 1 aromatic rings. The Bertz CT molecular complexity index is 404. The molecule has 0 spiro atoms. The lowest BCUT2D eigenvalue weighted by atomic mass is 9.88. The first kappa shape index (κ1) is 16.0. The first-order valence-corrected chi connectivity index (χ1v) is 6.35. The molecule has 19 heavy (non-hydrogen) atoms. The Labute approximate surface area is 112 Å². The number of hydrazine groups is 1. The van der Waals surface area contributed by atoms with Gasteiger partial charge >= 0.3 is 0 Å². The Kier molecular flexibility index (Phi) is 5.38. The summed E-state index contributed by atoms with van der Waals surface area (Å²) in [4.78, 5) is 0. The van der Waals surface area contributed by atoms with Crippen LogP contribution < -0.4 is 11.3 Å². The summed E-state index contributed by atoms with van der Waals surface area (Å²) in [6.45, 7) is 6.28. The molecule has 3 N–H and O–H groups in total. The quantitative estimate of drug-likeness (QED) is 0.632. The molecule has 0 aliphatic heterocycles. The van der Waals surface area contributed by atoms with E-state index in [4.69, 9.17) is 5.84 Å². The summed E-state index contributed by atoms with van der Waals surface area (Å²) in [5, 5.41) is 0. The monoisotopic (exact) mass is 274 g/mol. The fourth-order valence-electron chi connectivity index (χ4n) is 2.03. The minimum Gasteiger partial charge on any atom is -0.271 e. The standard InChI is InChI=1S/C14H21F3N2/c1-14(2,3)6-4-5-12(19-18)13-10(16)7-9(15)8-11(13)17/h7-8,12,19H,4-6,18H2,1-3H3. The average molecular weight is 274 g/mol. The highest BCUT2D eigenvalue weighted by atomic mass is 19.1. The number of hydrogen-bond donors (Lipinski definition) is 2. The summed E-state index contributed by atoms with van der Waals surface area (Å²) < 4.78 is 40.1. The SMILES string of the molecule is CC(C)(C)CCCC(NN)c1c(F)cc(F)cc1F. The highest BCUT2D eigenvalue weighted by molar-refractivity contribution is 5.24. The van der Waals surface area contributed by atoms with Crippen molar-refractivity contribution in [3.63, 3.8) is 0 Å². The third-order valence-corrected chi connectivity index (χ3v) is 3.01.